The zero-order valence-electron chi connectivity index (χ0n) is 10.3. The van der Waals surface area contributed by atoms with E-state index in [0.717, 1.165) is 12.1 Å². The largest absolute Gasteiger partial charge is 0.416 e. The zero-order chi connectivity index (χ0) is 14.6. The average Bonchev–Trinajstić information content (AvgIpc) is 2.45. The van der Waals surface area contributed by atoms with Gasteiger partial charge in [0.15, 0.2) is 0 Å². The van der Waals surface area contributed by atoms with E-state index in [1.807, 2.05) is 0 Å². The van der Waals surface area contributed by atoms with E-state index in [1.165, 1.54) is 12.3 Å². The maximum Gasteiger partial charge on any atom is 0.416 e. The van der Waals surface area contributed by atoms with Gasteiger partial charge in [-0.25, -0.2) is 0 Å². The molecule has 0 amide bonds. The van der Waals surface area contributed by atoms with E-state index in [-0.39, 0.29) is 0 Å². The van der Waals surface area contributed by atoms with Crippen molar-refractivity contribution in [2.24, 2.45) is 5.16 Å². The van der Waals surface area contributed by atoms with Crippen LogP contribution < -0.4 is 0 Å². The fourth-order valence-electron chi connectivity index (χ4n) is 1.74. The highest BCUT2D eigenvalue weighted by Gasteiger charge is 2.30. The zero-order valence-corrected chi connectivity index (χ0v) is 10.3. The molecule has 0 aliphatic carbocycles. The van der Waals surface area contributed by atoms with Crippen LogP contribution in [0.4, 0.5) is 13.2 Å². The van der Waals surface area contributed by atoms with Gasteiger partial charge in [0.1, 0.15) is 0 Å². The van der Waals surface area contributed by atoms with E-state index >= 15 is 0 Å². The van der Waals surface area contributed by atoms with Crippen LogP contribution in [0.5, 0.6) is 0 Å². The van der Waals surface area contributed by atoms with Crippen molar-refractivity contribution in [3.8, 4) is 11.3 Å². The van der Waals surface area contributed by atoms with Crippen molar-refractivity contribution >= 4 is 6.21 Å². The lowest BCUT2D eigenvalue weighted by Gasteiger charge is -2.09. The SMILES string of the molecule is O/N=C/Cc1cccc(-c2cccc(C(F)(F)F)c2)n1. The molecular weight excluding hydrogens is 269 g/mol. The minimum atomic E-state index is -4.38. The van der Waals surface area contributed by atoms with E-state index in [9.17, 15) is 13.2 Å². The number of aromatic nitrogens is 1. The van der Waals surface area contributed by atoms with Gasteiger partial charge >= 0.3 is 6.18 Å². The molecule has 6 heteroatoms. The van der Waals surface area contributed by atoms with Gasteiger partial charge in [0.05, 0.1) is 11.3 Å². The fourth-order valence-corrected chi connectivity index (χ4v) is 1.74. The van der Waals surface area contributed by atoms with Gasteiger partial charge in [-0.3, -0.25) is 4.98 Å². The highest BCUT2D eigenvalue weighted by atomic mass is 19.4. The maximum absolute atomic E-state index is 12.7. The number of halogens is 3. The summed E-state index contributed by atoms with van der Waals surface area (Å²) in [5, 5.41) is 11.2. The second-order valence-electron chi connectivity index (χ2n) is 4.09. The van der Waals surface area contributed by atoms with Crippen LogP contribution in [0.3, 0.4) is 0 Å². The molecule has 1 aromatic carbocycles. The van der Waals surface area contributed by atoms with Gasteiger partial charge in [-0.2, -0.15) is 13.2 Å². The van der Waals surface area contributed by atoms with Crippen LogP contribution in [0.1, 0.15) is 11.3 Å². The second-order valence-corrected chi connectivity index (χ2v) is 4.09. The summed E-state index contributed by atoms with van der Waals surface area (Å²) in [6.07, 6.45) is -2.81. The predicted molar refractivity (Wildman–Crippen MR) is 68.7 cm³/mol. The Kier molecular flexibility index (Phi) is 4.02. The summed E-state index contributed by atoms with van der Waals surface area (Å²) in [6.45, 7) is 0. The molecule has 2 aromatic rings. The molecule has 0 saturated heterocycles. The van der Waals surface area contributed by atoms with E-state index in [2.05, 4.69) is 10.1 Å². The van der Waals surface area contributed by atoms with E-state index in [4.69, 9.17) is 5.21 Å². The van der Waals surface area contributed by atoms with Crippen LogP contribution in [0, 0.1) is 0 Å². The van der Waals surface area contributed by atoms with Gasteiger partial charge in [0.25, 0.3) is 0 Å². The van der Waals surface area contributed by atoms with Gasteiger partial charge < -0.3 is 5.21 Å². The van der Waals surface area contributed by atoms with Gasteiger partial charge in [-0.15, -0.1) is 5.16 Å². The first kappa shape index (κ1) is 14.0. The molecule has 0 aliphatic heterocycles. The van der Waals surface area contributed by atoms with Crippen molar-refractivity contribution in [3.63, 3.8) is 0 Å². The lowest BCUT2D eigenvalue weighted by atomic mass is 10.1. The van der Waals surface area contributed by atoms with Crippen molar-refractivity contribution in [2.45, 2.75) is 12.6 Å². The van der Waals surface area contributed by atoms with Gasteiger partial charge in [-0.05, 0) is 24.3 Å². The Labute approximate surface area is 113 Å². The van der Waals surface area contributed by atoms with Gasteiger partial charge in [0.2, 0.25) is 0 Å². The number of rotatable bonds is 3. The summed E-state index contributed by atoms with van der Waals surface area (Å²) in [5.41, 5.74) is 0.736. The lowest BCUT2D eigenvalue weighted by Crippen LogP contribution is -2.04. The summed E-state index contributed by atoms with van der Waals surface area (Å²) in [4.78, 5) is 4.23. The molecule has 0 saturated carbocycles. The molecular formula is C14H11F3N2O. The molecule has 0 atom stereocenters. The highest BCUT2D eigenvalue weighted by molar-refractivity contribution is 5.63. The maximum atomic E-state index is 12.7. The molecule has 0 aliphatic rings. The van der Waals surface area contributed by atoms with Gasteiger partial charge in [-0.1, -0.05) is 18.2 Å². The molecule has 0 unspecified atom stereocenters. The van der Waals surface area contributed by atoms with Crippen LogP contribution in [0.2, 0.25) is 0 Å². The summed E-state index contributed by atoms with van der Waals surface area (Å²) < 4.78 is 38.0. The Hall–Kier alpha value is -2.37. The Morgan fingerprint density at radius 2 is 1.90 bits per heavy atom. The molecule has 104 valence electrons. The van der Waals surface area contributed by atoms with Crippen LogP contribution >= 0.6 is 0 Å². The number of benzene rings is 1. The Morgan fingerprint density at radius 3 is 2.60 bits per heavy atom. The van der Waals surface area contributed by atoms with E-state index in [0.29, 0.717) is 23.4 Å². The number of hydrogen-bond acceptors (Lipinski definition) is 3. The van der Waals surface area contributed by atoms with Crippen LogP contribution in [-0.4, -0.2) is 16.4 Å². The Morgan fingerprint density at radius 1 is 1.15 bits per heavy atom. The Balaban J connectivity index is 2.36. The summed E-state index contributed by atoms with van der Waals surface area (Å²) in [6, 6.07) is 10.0. The number of hydrogen-bond donors (Lipinski definition) is 1. The number of oxime groups is 1. The molecule has 0 spiro atoms. The fraction of sp³-hybridized carbons (Fsp3) is 0.143. The van der Waals surface area contributed by atoms with Crippen molar-refractivity contribution < 1.29 is 18.4 Å². The van der Waals surface area contributed by atoms with Crippen molar-refractivity contribution in [3.05, 3.63) is 53.7 Å². The molecule has 1 heterocycles. The first-order valence-electron chi connectivity index (χ1n) is 5.80. The molecule has 3 nitrogen and oxygen atoms in total. The van der Waals surface area contributed by atoms with Crippen LogP contribution in [0.25, 0.3) is 11.3 Å². The predicted octanol–water partition coefficient (Wildman–Crippen LogP) is 3.77. The number of pyridine rings is 1. The monoisotopic (exact) mass is 280 g/mol. The third kappa shape index (κ3) is 3.34. The molecule has 1 aromatic heterocycles. The minimum Gasteiger partial charge on any atom is -0.411 e. The second kappa shape index (κ2) is 5.73. The third-order valence-corrected chi connectivity index (χ3v) is 2.67. The number of nitrogens with zero attached hydrogens (tertiary/aromatic N) is 2. The quantitative estimate of drug-likeness (QED) is 0.528. The van der Waals surface area contributed by atoms with E-state index < -0.39 is 11.7 Å². The third-order valence-electron chi connectivity index (χ3n) is 2.67. The van der Waals surface area contributed by atoms with Crippen molar-refractivity contribution in [1.29, 1.82) is 0 Å². The van der Waals surface area contributed by atoms with Crippen LogP contribution in [0.15, 0.2) is 47.6 Å². The smallest absolute Gasteiger partial charge is 0.411 e. The molecule has 1 N–H and O–H groups in total. The first-order chi connectivity index (χ1) is 9.50. The normalized spacial score (nSPS) is 11.9. The topological polar surface area (TPSA) is 45.5 Å². The molecule has 0 bridgehead atoms. The molecule has 20 heavy (non-hydrogen) atoms. The molecule has 2 rings (SSSR count). The highest BCUT2D eigenvalue weighted by Crippen LogP contribution is 2.31. The molecule has 0 fully saturated rings. The summed E-state index contributed by atoms with van der Waals surface area (Å²) in [7, 11) is 0. The van der Waals surface area contributed by atoms with Crippen molar-refractivity contribution in [1.82, 2.24) is 4.98 Å². The summed E-state index contributed by atoms with van der Waals surface area (Å²) in [5.74, 6) is 0. The number of alkyl halides is 3. The van der Waals surface area contributed by atoms with E-state index in [1.54, 1.807) is 24.3 Å². The molecule has 0 radical (unpaired) electrons. The minimum absolute atomic E-state index is 0.309. The summed E-state index contributed by atoms with van der Waals surface area (Å²) >= 11 is 0. The first-order valence-corrected chi connectivity index (χ1v) is 5.80. The average molecular weight is 280 g/mol. The van der Waals surface area contributed by atoms with Crippen LogP contribution in [-0.2, 0) is 12.6 Å². The van der Waals surface area contributed by atoms with Crippen molar-refractivity contribution in [2.75, 3.05) is 0 Å². The Bertz CT molecular complexity index is 624. The lowest BCUT2D eigenvalue weighted by molar-refractivity contribution is -0.137. The van der Waals surface area contributed by atoms with Gasteiger partial charge in [0, 0.05) is 23.9 Å². The standard InChI is InChI=1S/C14H11F3N2O/c15-14(16,17)11-4-1-3-10(9-11)13-6-2-5-12(19-13)7-8-18-20/h1-6,8-9,20H,7H2/b18-8+.